The van der Waals surface area contributed by atoms with Crippen molar-refractivity contribution in [3.8, 4) is 0 Å². The van der Waals surface area contributed by atoms with Crippen molar-refractivity contribution in [2.24, 2.45) is 0 Å². The second-order valence-corrected chi connectivity index (χ2v) is 32.7. The summed E-state index contributed by atoms with van der Waals surface area (Å²) in [4.78, 5) is 38.3. The number of carbonyl (C=O) groups is 2. The fourth-order valence-corrected chi connectivity index (χ4v) is 14.0. The summed E-state index contributed by atoms with van der Waals surface area (Å²) in [5.41, 5.74) is 0. The smallest absolute Gasteiger partial charge is 0.306 e. The van der Waals surface area contributed by atoms with E-state index in [9.17, 15) is 19.0 Å². The molecule has 0 saturated carbocycles. The SMILES string of the molecule is CC/C=C\C/C=C\C/C=C\C/C=C\C/C=C\C/C=C\C/C=C\CCCCCCCCCCCCCCCCCCCC(=O)OC(COC(=O)CCCCCCCCCCCCCCCCCCCCCCCCCCCCCCCCCCCCCCCCC)COP(=O)([O-])OCC[N+](C)(C)C. The van der Waals surface area contributed by atoms with Gasteiger partial charge in [-0.3, -0.25) is 14.2 Å². The molecule has 0 spiro atoms. The van der Waals surface area contributed by atoms with Gasteiger partial charge in [0.2, 0.25) is 0 Å². The number of rotatable bonds is 83. The van der Waals surface area contributed by atoms with Crippen LogP contribution in [0, 0.1) is 0 Å². The number of likely N-dealkylation sites (N-methyl/N-ethyl adjacent to an activating group) is 1. The van der Waals surface area contributed by atoms with Crippen LogP contribution in [0.15, 0.2) is 85.1 Å². The predicted molar refractivity (Wildman–Crippen MR) is 443 cm³/mol. The molecule has 0 rings (SSSR count). The molecule has 0 amide bonds. The highest BCUT2D eigenvalue weighted by Gasteiger charge is 2.22. The topological polar surface area (TPSA) is 111 Å². The lowest BCUT2D eigenvalue weighted by molar-refractivity contribution is -0.870. The van der Waals surface area contributed by atoms with Gasteiger partial charge < -0.3 is 27.9 Å². The number of allylic oxidation sites excluding steroid dienone is 14. The molecule has 0 N–H and O–H groups in total. The molecule has 0 aliphatic heterocycles. The number of unbranched alkanes of at least 4 members (excludes halogenated alkanes) is 55. The highest BCUT2D eigenvalue weighted by atomic mass is 31.2. The summed E-state index contributed by atoms with van der Waals surface area (Å²) < 4.78 is 34.5. The first kappa shape index (κ1) is 99.2. The molecular formula is C92H170NO8P. The maximum atomic E-state index is 12.9. The number of quaternary nitrogens is 1. The number of ether oxygens (including phenoxy) is 2. The number of esters is 2. The van der Waals surface area contributed by atoms with Crippen molar-refractivity contribution in [3.63, 3.8) is 0 Å². The molecule has 0 aliphatic rings. The highest BCUT2D eigenvalue weighted by molar-refractivity contribution is 7.45. The first-order chi connectivity index (χ1) is 50.0. The summed E-state index contributed by atoms with van der Waals surface area (Å²) in [6, 6.07) is 0. The molecule has 0 bridgehead atoms. The van der Waals surface area contributed by atoms with E-state index in [0.717, 1.165) is 83.5 Å². The van der Waals surface area contributed by atoms with Crippen LogP contribution in [0.3, 0.4) is 0 Å². The summed E-state index contributed by atoms with van der Waals surface area (Å²) in [6.45, 7) is 4.20. The van der Waals surface area contributed by atoms with E-state index in [2.05, 4.69) is 98.9 Å². The molecule has 596 valence electrons. The van der Waals surface area contributed by atoms with Crippen LogP contribution in [0.5, 0.6) is 0 Å². The van der Waals surface area contributed by atoms with Crippen LogP contribution in [-0.4, -0.2) is 70.0 Å². The monoisotopic (exact) mass is 1450 g/mol. The Kier molecular flexibility index (Phi) is 80.0. The Hall–Kier alpha value is -2.81. The Bertz CT molecular complexity index is 2000. The van der Waals surface area contributed by atoms with Crippen LogP contribution in [0.25, 0.3) is 0 Å². The van der Waals surface area contributed by atoms with E-state index in [1.165, 1.54) is 321 Å². The van der Waals surface area contributed by atoms with Gasteiger partial charge in [0.25, 0.3) is 7.82 Å². The van der Waals surface area contributed by atoms with Gasteiger partial charge >= 0.3 is 11.9 Å². The van der Waals surface area contributed by atoms with Gasteiger partial charge in [-0.05, 0) is 70.6 Å². The van der Waals surface area contributed by atoms with Gasteiger partial charge in [0.15, 0.2) is 6.10 Å². The van der Waals surface area contributed by atoms with E-state index >= 15 is 0 Å². The van der Waals surface area contributed by atoms with Crippen molar-refractivity contribution in [3.05, 3.63) is 85.1 Å². The molecule has 9 nitrogen and oxygen atoms in total. The van der Waals surface area contributed by atoms with E-state index in [1.54, 1.807) is 0 Å². The number of hydrogen-bond acceptors (Lipinski definition) is 8. The largest absolute Gasteiger partial charge is 0.756 e. The normalized spacial score (nSPS) is 13.4. The van der Waals surface area contributed by atoms with Gasteiger partial charge in [0, 0.05) is 12.8 Å². The molecule has 10 heteroatoms. The Balaban J connectivity index is 3.88. The minimum Gasteiger partial charge on any atom is -0.756 e. The number of nitrogens with zero attached hydrogens (tertiary/aromatic N) is 1. The number of phosphoric acid groups is 1. The Morgan fingerprint density at radius 2 is 0.559 bits per heavy atom. The molecular weight excluding hydrogens is 1280 g/mol. The summed E-state index contributed by atoms with van der Waals surface area (Å²) in [7, 11) is 1.18. The molecule has 0 fully saturated rings. The van der Waals surface area contributed by atoms with Gasteiger partial charge in [-0.1, -0.05) is 439 Å². The predicted octanol–water partition coefficient (Wildman–Crippen LogP) is 29.3. The van der Waals surface area contributed by atoms with Crippen molar-refractivity contribution in [2.45, 2.75) is 444 Å². The van der Waals surface area contributed by atoms with E-state index in [4.69, 9.17) is 18.5 Å². The Morgan fingerprint density at radius 1 is 0.314 bits per heavy atom. The zero-order valence-electron chi connectivity index (χ0n) is 68.3. The average molecular weight is 1450 g/mol. The van der Waals surface area contributed by atoms with E-state index in [-0.39, 0.29) is 32.0 Å². The molecule has 0 aromatic carbocycles. The lowest BCUT2D eigenvalue weighted by Gasteiger charge is -2.28. The Labute approximate surface area is 634 Å². The maximum Gasteiger partial charge on any atom is 0.306 e. The fraction of sp³-hybridized carbons (Fsp3) is 0.826. The fourth-order valence-electron chi connectivity index (χ4n) is 13.2. The lowest BCUT2D eigenvalue weighted by Crippen LogP contribution is -2.37. The maximum absolute atomic E-state index is 12.9. The van der Waals surface area contributed by atoms with Gasteiger partial charge in [-0.2, -0.15) is 0 Å². The van der Waals surface area contributed by atoms with Crippen LogP contribution in [0.4, 0.5) is 0 Å². The molecule has 0 aromatic heterocycles. The molecule has 0 radical (unpaired) electrons. The number of carbonyl (C=O) groups excluding carboxylic acids is 2. The van der Waals surface area contributed by atoms with Crippen molar-refractivity contribution in [1.29, 1.82) is 0 Å². The third kappa shape index (κ3) is 86.1. The second kappa shape index (κ2) is 82.3. The van der Waals surface area contributed by atoms with E-state index in [0.29, 0.717) is 17.4 Å². The zero-order valence-corrected chi connectivity index (χ0v) is 69.2. The molecule has 0 aromatic rings. The summed E-state index contributed by atoms with van der Waals surface area (Å²) in [6.07, 6.45) is 115. The number of hydrogen-bond donors (Lipinski definition) is 0. The van der Waals surface area contributed by atoms with Crippen molar-refractivity contribution in [1.82, 2.24) is 0 Å². The first-order valence-corrected chi connectivity index (χ1v) is 45.8. The van der Waals surface area contributed by atoms with E-state index in [1.807, 2.05) is 21.1 Å². The molecule has 2 unspecified atom stereocenters. The molecule has 0 heterocycles. The van der Waals surface area contributed by atoms with Gasteiger partial charge in [-0.15, -0.1) is 0 Å². The molecule has 0 saturated heterocycles. The van der Waals surface area contributed by atoms with Gasteiger partial charge in [0.1, 0.15) is 19.8 Å². The summed E-state index contributed by atoms with van der Waals surface area (Å²) in [5.74, 6) is -0.812. The second-order valence-electron chi connectivity index (χ2n) is 31.2. The average Bonchev–Trinajstić information content (AvgIpc) is 0.914. The minimum absolute atomic E-state index is 0.0299. The van der Waals surface area contributed by atoms with E-state index < -0.39 is 26.5 Å². The quantitative estimate of drug-likeness (QED) is 0.0195. The third-order valence-electron chi connectivity index (χ3n) is 19.9. The van der Waals surface area contributed by atoms with Gasteiger partial charge in [-0.25, -0.2) is 0 Å². The standard InChI is InChI=1S/C92H170NO8P/c1-6-8-10-12-14-16-18-20-22-24-26-28-30-32-34-36-38-40-42-44-46-48-50-52-54-56-58-60-62-64-66-68-70-72-74-76-78-80-82-84-91(94)98-88-90(89-100-102(96,97)99-87-86-93(3,4)5)101-92(95)85-83-81-79-77-75-73-71-69-67-65-63-61-59-57-55-53-51-49-47-45-43-41-39-37-35-33-31-29-27-25-23-21-19-17-15-13-11-9-7-2/h9,11,15,17,21,23,27,29,33,35,39,41,45,47,90H,6-8,10,12-14,16,18-20,22,24-26,28,30-32,34,36-38,40,42-44,46,48-89H2,1-5H3/b11-9-,17-15-,23-21-,29-27-,35-33-,41-39-,47-45-. The minimum atomic E-state index is -4.65. The third-order valence-corrected chi connectivity index (χ3v) is 20.9. The molecule has 0 aliphatic carbocycles. The lowest BCUT2D eigenvalue weighted by atomic mass is 10.0. The molecule has 102 heavy (non-hydrogen) atoms. The first-order valence-electron chi connectivity index (χ1n) is 44.3. The van der Waals surface area contributed by atoms with Crippen molar-refractivity contribution < 1.29 is 42.1 Å². The highest BCUT2D eigenvalue weighted by Crippen LogP contribution is 2.38. The van der Waals surface area contributed by atoms with Gasteiger partial charge in [0.05, 0.1) is 27.7 Å². The van der Waals surface area contributed by atoms with Crippen LogP contribution < -0.4 is 4.89 Å². The summed E-state index contributed by atoms with van der Waals surface area (Å²) >= 11 is 0. The van der Waals surface area contributed by atoms with Crippen LogP contribution in [0.1, 0.15) is 438 Å². The molecule has 2 atom stereocenters. The zero-order chi connectivity index (χ0) is 74.0. The van der Waals surface area contributed by atoms with Crippen LogP contribution >= 0.6 is 7.82 Å². The van der Waals surface area contributed by atoms with Crippen LogP contribution in [-0.2, 0) is 32.7 Å². The Morgan fingerprint density at radius 3 is 0.833 bits per heavy atom. The summed E-state index contributed by atoms with van der Waals surface area (Å²) in [5, 5.41) is 0. The van der Waals surface area contributed by atoms with Crippen molar-refractivity contribution in [2.75, 3.05) is 47.5 Å². The van der Waals surface area contributed by atoms with Crippen molar-refractivity contribution >= 4 is 19.8 Å². The van der Waals surface area contributed by atoms with Crippen LogP contribution in [0.2, 0.25) is 0 Å². The number of phosphoric ester groups is 1.